The van der Waals surface area contributed by atoms with Crippen molar-refractivity contribution in [2.75, 3.05) is 0 Å². The molecule has 0 spiro atoms. The number of benzene rings is 1. The number of aryl methyl sites for hydroxylation is 1. The largest absolute Gasteiger partial charge is 0.461 e. The van der Waals surface area contributed by atoms with Crippen molar-refractivity contribution in [1.82, 2.24) is 0 Å². The van der Waals surface area contributed by atoms with Gasteiger partial charge >= 0.3 is 0 Å². The Bertz CT molecular complexity index is 697. The first-order valence-electron chi connectivity index (χ1n) is 9.05. The molecule has 0 amide bonds. The summed E-state index contributed by atoms with van der Waals surface area (Å²) < 4.78 is 6.30. The number of furan rings is 1. The highest BCUT2D eigenvalue weighted by molar-refractivity contribution is 5.82. The van der Waals surface area contributed by atoms with Crippen LogP contribution in [0.25, 0.3) is 16.7 Å². The standard InChI is InChI=1S/C23H30O/c1-6-8-10-16-21-18(5)24-23(20(13-7-2)17(3)4)22(21)19-14-11-9-12-15-19/h7,9,11-12,14-15H,2,6,8,10,13,16H2,1,3-5H3. The lowest BCUT2D eigenvalue weighted by molar-refractivity contribution is 0.515. The summed E-state index contributed by atoms with van der Waals surface area (Å²) in [6, 6.07) is 10.7. The Kier molecular flexibility index (Phi) is 6.66. The predicted octanol–water partition coefficient (Wildman–Crippen LogP) is 7.36. The summed E-state index contributed by atoms with van der Waals surface area (Å²) in [6.45, 7) is 12.6. The molecule has 0 unspecified atom stereocenters. The van der Waals surface area contributed by atoms with Crippen molar-refractivity contribution in [1.29, 1.82) is 0 Å². The van der Waals surface area contributed by atoms with Gasteiger partial charge in [-0.25, -0.2) is 0 Å². The Labute approximate surface area is 147 Å². The van der Waals surface area contributed by atoms with E-state index in [0.717, 1.165) is 24.4 Å². The van der Waals surface area contributed by atoms with Gasteiger partial charge in [-0.1, -0.05) is 61.7 Å². The predicted molar refractivity (Wildman–Crippen MR) is 105 cm³/mol. The van der Waals surface area contributed by atoms with E-state index in [1.165, 1.54) is 47.1 Å². The van der Waals surface area contributed by atoms with Crippen LogP contribution in [0.3, 0.4) is 0 Å². The van der Waals surface area contributed by atoms with E-state index < -0.39 is 0 Å². The maximum Gasteiger partial charge on any atom is 0.138 e. The second-order valence-corrected chi connectivity index (χ2v) is 6.64. The van der Waals surface area contributed by atoms with E-state index in [0.29, 0.717) is 0 Å². The minimum Gasteiger partial charge on any atom is -0.461 e. The lowest BCUT2D eigenvalue weighted by atomic mass is 9.92. The summed E-state index contributed by atoms with van der Waals surface area (Å²) in [7, 11) is 0. The molecule has 0 saturated heterocycles. The van der Waals surface area contributed by atoms with Crippen LogP contribution in [0.5, 0.6) is 0 Å². The minimum atomic E-state index is 0.837. The molecule has 2 aromatic rings. The first-order chi connectivity index (χ1) is 11.6. The Morgan fingerprint density at radius 2 is 1.83 bits per heavy atom. The maximum atomic E-state index is 6.30. The highest BCUT2D eigenvalue weighted by Gasteiger charge is 2.21. The van der Waals surface area contributed by atoms with Crippen LogP contribution < -0.4 is 0 Å². The summed E-state index contributed by atoms with van der Waals surface area (Å²) in [5.74, 6) is 2.09. The average Bonchev–Trinajstić information content (AvgIpc) is 2.89. The van der Waals surface area contributed by atoms with E-state index >= 15 is 0 Å². The van der Waals surface area contributed by atoms with Gasteiger partial charge in [-0.15, -0.1) is 6.58 Å². The maximum absolute atomic E-state index is 6.30. The molecule has 1 heteroatoms. The quantitative estimate of drug-likeness (QED) is 0.365. The van der Waals surface area contributed by atoms with E-state index in [1.54, 1.807) is 0 Å². The summed E-state index contributed by atoms with van der Waals surface area (Å²) in [6.07, 6.45) is 7.59. The molecule has 0 atom stereocenters. The van der Waals surface area contributed by atoms with Crippen molar-refractivity contribution in [3.05, 3.63) is 65.6 Å². The first kappa shape index (κ1) is 18.3. The van der Waals surface area contributed by atoms with Gasteiger partial charge in [0, 0.05) is 11.1 Å². The van der Waals surface area contributed by atoms with Crippen LogP contribution in [-0.2, 0) is 6.42 Å². The fourth-order valence-electron chi connectivity index (χ4n) is 3.22. The molecule has 2 rings (SSSR count). The second-order valence-electron chi connectivity index (χ2n) is 6.64. The minimum absolute atomic E-state index is 0.837. The lowest BCUT2D eigenvalue weighted by Gasteiger charge is -2.10. The van der Waals surface area contributed by atoms with Crippen molar-refractivity contribution < 1.29 is 4.42 Å². The fourth-order valence-corrected chi connectivity index (χ4v) is 3.22. The van der Waals surface area contributed by atoms with Crippen LogP contribution in [0, 0.1) is 6.92 Å². The molecule has 24 heavy (non-hydrogen) atoms. The van der Waals surface area contributed by atoms with Crippen molar-refractivity contribution in [3.63, 3.8) is 0 Å². The van der Waals surface area contributed by atoms with Crippen LogP contribution in [0.15, 0.2) is 53.0 Å². The molecule has 0 aliphatic heterocycles. The second kappa shape index (κ2) is 8.73. The highest BCUT2D eigenvalue weighted by atomic mass is 16.3. The number of unbranched alkanes of at least 4 members (excludes halogenated alkanes) is 2. The van der Waals surface area contributed by atoms with Gasteiger partial charge in [-0.05, 0) is 51.2 Å². The zero-order valence-corrected chi connectivity index (χ0v) is 15.6. The van der Waals surface area contributed by atoms with Gasteiger partial charge in [0.25, 0.3) is 0 Å². The monoisotopic (exact) mass is 322 g/mol. The Morgan fingerprint density at radius 3 is 2.42 bits per heavy atom. The first-order valence-corrected chi connectivity index (χ1v) is 9.05. The van der Waals surface area contributed by atoms with Crippen LogP contribution in [0.2, 0.25) is 0 Å². The van der Waals surface area contributed by atoms with Crippen molar-refractivity contribution >= 4 is 5.57 Å². The topological polar surface area (TPSA) is 13.1 Å². The van der Waals surface area contributed by atoms with Gasteiger partial charge < -0.3 is 4.42 Å². The molecule has 0 aliphatic carbocycles. The van der Waals surface area contributed by atoms with Crippen LogP contribution in [0.1, 0.15) is 63.5 Å². The van der Waals surface area contributed by atoms with Crippen LogP contribution in [-0.4, -0.2) is 0 Å². The molecule has 1 aromatic carbocycles. The third-order valence-corrected chi connectivity index (χ3v) is 4.53. The molecule has 1 aromatic heterocycles. The van der Waals surface area contributed by atoms with E-state index in [2.05, 4.69) is 64.6 Å². The van der Waals surface area contributed by atoms with Crippen LogP contribution >= 0.6 is 0 Å². The third-order valence-electron chi connectivity index (χ3n) is 4.53. The van der Waals surface area contributed by atoms with Crippen molar-refractivity contribution in [2.45, 2.75) is 59.8 Å². The Balaban J connectivity index is 2.61. The zero-order chi connectivity index (χ0) is 17.5. The van der Waals surface area contributed by atoms with Gasteiger partial charge in [0.2, 0.25) is 0 Å². The molecule has 0 saturated carbocycles. The van der Waals surface area contributed by atoms with Gasteiger partial charge in [0.05, 0.1) is 0 Å². The molecule has 0 aliphatic rings. The number of allylic oxidation sites excluding steroid dienone is 3. The number of rotatable bonds is 8. The van der Waals surface area contributed by atoms with Crippen molar-refractivity contribution in [3.8, 4) is 11.1 Å². The van der Waals surface area contributed by atoms with Gasteiger partial charge in [-0.2, -0.15) is 0 Å². The van der Waals surface area contributed by atoms with Crippen molar-refractivity contribution in [2.24, 2.45) is 0 Å². The highest BCUT2D eigenvalue weighted by Crippen LogP contribution is 2.39. The molecule has 0 fully saturated rings. The normalized spacial score (nSPS) is 10.7. The van der Waals surface area contributed by atoms with E-state index in [-0.39, 0.29) is 0 Å². The van der Waals surface area contributed by atoms with Crippen LogP contribution in [0.4, 0.5) is 0 Å². The SMILES string of the molecule is C=CCC(=C(C)C)c1oc(C)c(CCCCC)c1-c1ccccc1. The molecule has 1 nitrogen and oxygen atoms in total. The molecular formula is C23H30O. The smallest absolute Gasteiger partial charge is 0.138 e. The summed E-state index contributed by atoms with van der Waals surface area (Å²) in [5.41, 5.74) is 6.45. The molecule has 0 bridgehead atoms. The molecule has 0 radical (unpaired) electrons. The number of hydrogen-bond acceptors (Lipinski definition) is 1. The summed E-state index contributed by atoms with van der Waals surface area (Å²) in [4.78, 5) is 0. The fraction of sp³-hybridized carbons (Fsp3) is 0.391. The third kappa shape index (κ3) is 4.08. The van der Waals surface area contributed by atoms with Gasteiger partial charge in [0.15, 0.2) is 0 Å². The number of hydrogen-bond donors (Lipinski definition) is 0. The molecular weight excluding hydrogens is 292 g/mol. The molecule has 128 valence electrons. The van der Waals surface area contributed by atoms with E-state index in [9.17, 15) is 0 Å². The average molecular weight is 322 g/mol. The Morgan fingerprint density at radius 1 is 1.12 bits per heavy atom. The summed E-state index contributed by atoms with van der Waals surface area (Å²) in [5, 5.41) is 0. The lowest BCUT2D eigenvalue weighted by Crippen LogP contribution is -1.93. The van der Waals surface area contributed by atoms with Gasteiger partial charge in [0.1, 0.15) is 11.5 Å². The van der Waals surface area contributed by atoms with Gasteiger partial charge in [-0.3, -0.25) is 0 Å². The molecule has 1 heterocycles. The van der Waals surface area contributed by atoms with E-state index in [4.69, 9.17) is 4.42 Å². The molecule has 0 N–H and O–H groups in total. The Hall–Kier alpha value is -2.02. The zero-order valence-electron chi connectivity index (χ0n) is 15.6. The van der Waals surface area contributed by atoms with E-state index in [1.807, 2.05) is 6.08 Å². The summed E-state index contributed by atoms with van der Waals surface area (Å²) >= 11 is 0.